The predicted octanol–water partition coefficient (Wildman–Crippen LogP) is 4.92. The van der Waals surface area contributed by atoms with Gasteiger partial charge in [-0.1, -0.05) is 63.2 Å². The first-order chi connectivity index (χ1) is 14.3. The van der Waals surface area contributed by atoms with Crippen LogP contribution in [0.3, 0.4) is 0 Å². The van der Waals surface area contributed by atoms with Crippen molar-refractivity contribution in [1.82, 2.24) is 10.3 Å². The number of nitrogens with one attached hydrogen (secondary N) is 1. The Morgan fingerprint density at radius 2 is 1.73 bits per heavy atom. The van der Waals surface area contributed by atoms with Crippen molar-refractivity contribution in [3.05, 3.63) is 84.2 Å². The molecule has 156 valence electrons. The van der Waals surface area contributed by atoms with E-state index in [9.17, 15) is 9.90 Å². The Kier molecular flexibility index (Phi) is 6.85. The zero-order valence-electron chi connectivity index (χ0n) is 17.6. The van der Waals surface area contributed by atoms with Gasteiger partial charge in [0, 0.05) is 30.9 Å². The standard InChI is InChI=1S/C25H28N2O3/c1-25(2,3)23(24(28)29)30-22-8-4-6-19(14-22)16-27-15-18-9-11-20(12-10-18)21-7-5-13-26-17-21/h4-14,17,23,27H,15-16H2,1-3H3,(H,28,29). The van der Waals surface area contributed by atoms with Gasteiger partial charge in [0.15, 0.2) is 6.10 Å². The maximum Gasteiger partial charge on any atom is 0.345 e. The maximum absolute atomic E-state index is 11.5. The van der Waals surface area contributed by atoms with Gasteiger partial charge < -0.3 is 15.2 Å². The van der Waals surface area contributed by atoms with Crippen molar-refractivity contribution in [2.45, 2.75) is 40.0 Å². The molecule has 0 saturated carbocycles. The first-order valence-electron chi connectivity index (χ1n) is 10.0. The molecule has 0 amide bonds. The highest BCUT2D eigenvalue weighted by atomic mass is 16.5. The molecule has 5 nitrogen and oxygen atoms in total. The van der Waals surface area contributed by atoms with Gasteiger partial charge in [0.2, 0.25) is 0 Å². The van der Waals surface area contributed by atoms with Crippen molar-refractivity contribution in [2.75, 3.05) is 0 Å². The Bertz CT molecular complexity index is 964. The number of hydrogen-bond acceptors (Lipinski definition) is 4. The highest BCUT2D eigenvalue weighted by molar-refractivity contribution is 5.73. The van der Waals surface area contributed by atoms with Crippen molar-refractivity contribution >= 4 is 5.97 Å². The molecule has 2 N–H and O–H groups in total. The van der Waals surface area contributed by atoms with Gasteiger partial charge in [-0.25, -0.2) is 4.79 Å². The molecule has 1 atom stereocenters. The largest absolute Gasteiger partial charge is 0.478 e. The molecule has 3 aromatic rings. The smallest absolute Gasteiger partial charge is 0.345 e. The van der Waals surface area contributed by atoms with Gasteiger partial charge >= 0.3 is 5.97 Å². The summed E-state index contributed by atoms with van der Waals surface area (Å²) in [6, 6.07) is 20.0. The number of carbonyl (C=O) groups is 1. The summed E-state index contributed by atoms with van der Waals surface area (Å²) in [5.74, 6) is -0.391. The van der Waals surface area contributed by atoms with Gasteiger partial charge in [-0.3, -0.25) is 4.98 Å². The molecule has 5 heteroatoms. The van der Waals surface area contributed by atoms with Crippen LogP contribution in [0.1, 0.15) is 31.9 Å². The molecule has 0 bridgehead atoms. The fourth-order valence-electron chi connectivity index (χ4n) is 3.16. The van der Waals surface area contributed by atoms with E-state index in [1.807, 2.05) is 57.3 Å². The Morgan fingerprint density at radius 3 is 2.37 bits per heavy atom. The van der Waals surface area contributed by atoms with E-state index in [0.29, 0.717) is 12.3 Å². The first kappa shape index (κ1) is 21.5. The minimum Gasteiger partial charge on any atom is -0.478 e. The van der Waals surface area contributed by atoms with E-state index in [1.165, 1.54) is 5.56 Å². The molecule has 0 saturated heterocycles. The highest BCUT2D eigenvalue weighted by Crippen LogP contribution is 2.26. The van der Waals surface area contributed by atoms with Crippen molar-refractivity contribution in [2.24, 2.45) is 5.41 Å². The van der Waals surface area contributed by atoms with E-state index in [4.69, 9.17) is 4.74 Å². The molecule has 0 spiro atoms. The SMILES string of the molecule is CC(C)(C)C(Oc1cccc(CNCc2ccc(-c3cccnc3)cc2)c1)C(=O)O. The van der Waals surface area contributed by atoms with Crippen LogP contribution >= 0.6 is 0 Å². The summed E-state index contributed by atoms with van der Waals surface area (Å²) >= 11 is 0. The lowest BCUT2D eigenvalue weighted by molar-refractivity contribution is -0.150. The molecule has 1 unspecified atom stereocenters. The number of carboxylic acid groups (broad SMARTS) is 1. The van der Waals surface area contributed by atoms with Crippen LogP contribution in [-0.4, -0.2) is 22.2 Å². The first-order valence-corrected chi connectivity index (χ1v) is 10.0. The number of pyridine rings is 1. The topological polar surface area (TPSA) is 71.5 Å². The summed E-state index contributed by atoms with van der Waals surface area (Å²) in [5, 5.41) is 12.9. The van der Waals surface area contributed by atoms with Crippen LogP contribution < -0.4 is 10.1 Å². The lowest BCUT2D eigenvalue weighted by atomic mass is 9.89. The van der Waals surface area contributed by atoms with Gasteiger partial charge in [0.25, 0.3) is 0 Å². The Balaban J connectivity index is 1.56. The maximum atomic E-state index is 11.5. The lowest BCUT2D eigenvalue weighted by Crippen LogP contribution is -2.39. The van der Waals surface area contributed by atoms with Crippen LogP contribution in [0.5, 0.6) is 5.75 Å². The van der Waals surface area contributed by atoms with Crippen molar-refractivity contribution < 1.29 is 14.6 Å². The van der Waals surface area contributed by atoms with Crippen LogP contribution in [0.15, 0.2) is 73.1 Å². The summed E-state index contributed by atoms with van der Waals surface area (Å²) in [6.07, 6.45) is 2.72. The Hall–Kier alpha value is -3.18. The summed E-state index contributed by atoms with van der Waals surface area (Å²) in [4.78, 5) is 15.7. The average Bonchev–Trinajstić information content (AvgIpc) is 2.72. The van der Waals surface area contributed by atoms with Gasteiger partial charge in [0.05, 0.1) is 0 Å². The number of benzene rings is 2. The zero-order chi connectivity index (χ0) is 21.6. The predicted molar refractivity (Wildman–Crippen MR) is 118 cm³/mol. The van der Waals surface area contributed by atoms with Crippen LogP contribution in [0.4, 0.5) is 0 Å². The minimum atomic E-state index is -0.958. The van der Waals surface area contributed by atoms with Crippen LogP contribution in [0.2, 0.25) is 0 Å². The van der Waals surface area contributed by atoms with E-state index in [0.717, 1.165) is 23.2 Å². The van der Waals surface area contributed by atoms with Gasteiger partial charge in [-0.2, -0.15) is 0 Å². The monoisotopic (exact) mass is 404 g/mol. The number of nitrogens with zero attached hydrogens (tertiary/aromatic N) is 1. The van der Waals surface area contributed by atoms with Crippen LogP contribution in [0.25, 0.3) is 11.1 Å². The molecule has 30 heavy (non-hydrogen) atoms. The van der Waals surface area contributed by atoms with Crippen molar-refractivity contribution in [3.63, 3.8) is 0 Å². The molecule has 0 radical (unpaired) electrons. The fourth-order valence-corrected chi connectivity index (χ4v) is 3.16. The third-order valence-corrected chi connectivity index (χ3v) is 4.77. The molecule has 1 aromatic heterocycles. The molecule has 3 rings (SSSR count). The third-order valence-electron chi connectivity index (χ3n) is 4.77. The number of aromatic nitrogens is 1. The Morgan fingerprint density at radius 1 is 1.00 bits per heavy atom. The third kappa shape index (κ3) is 5.91. The molecular weight excluding hydrogens is 376 g/mol. The van der Waals surface area contributed by atoms with Crippen LogP contribution in [0, 0.1) is 5.41 Å². The summed E-state index contributed by atoms with van der Waals surface area (Å²) in [6.45, 7) is 6.97. The number of rotatable bonds is 8. The summed E-state index contributed by atoms with van der Waals surface area (Å²) in [5.41, 5.74) is 3.97. The molecule has 0 aliphatic rings. The number of carboxylic acids is 1. The number of hydrogen-bond donors (Lipinski definition) is 2. The molecule has 2 aromatic carbocycles. The second kappa shape index (κ2) is 9.55. The van der Waals surface area contributed by atoms with Crippen molar-refractivity contribution in [3.8, 4) is 16.9 Å². The zero-order valence-corrected chi connectivity index (χ0v) is 17.6. The quantitative estimate of drug-likeness (QED) is 0.558. The molecule has 0 aliphatic heterocycles. The van der Waals surface area contributed by atoms with E-state index in [-0.39, 0.29) is 0 Å². The van der Waals surface area contributed by atoms with Gasteiger partial charge in [0.1, 0.15) is 5.75 Å². The van der Waals surface area contributed by atoms with E-state index >= 15 is 0 Å². The fraction of sp³-hybridized carbons (Fsp3) is 0.280. The summed E-state index contributed by atoms with van der Waals surface area (Å²) < 4.78 is 5.77. The van der Waals surface area contributed by atoms with E-state index < -0.39 is 17.5 Å². The number of ether oxygens (including phenoxy) is 1. The summed E-state index contributed by atoms with van der Waals surface area (Å²) in [7, 11) is 0. The van der Waals surface area contributed by atoms with E-state index in [1.54, 1.807) is 12.3 Å². The highest BCUT2D eigenvalue weighted by Gasteiger charge is 2.33. The Labute approximate surface area is 177 Å². The van der Waals surface area contributed by atoms with Gasteiger partial charge in [-0.05, 0) is 40.5 Å². The normalized spacial score (nSPS) is 12.4. The van der Waals surface area contributed by atoms with Crippen molar-refractivity contribution in [1.29, 1.82) is 0 Å². The molecule has 0 aliphatic carbocycles. The average molecular weight is 405 g/mol. The lowest BCUT2D eigenvalue weighted by Gasteiger charge is -2.27. The minimum absolute atomic E-state index is 0.498. The molecule has 0 fully saturated rings. The van der Waals surface area contributed by atoms with Crippen LogP contribution in [-0.2, 0) is 17.9 Å². The number of aliphatic carboxylic acids is 1. The molecule has 1 heterocycles. The second-order valence-electron chi connectivity index (χ2n) is 8.39. The van der Waals surface area contributed by atoms with Gasteiger partial charge in [-0.15, -0.1) is 0 Å². The molecular formula is C25H28N2O3. The second-order valence-corrected chi connectivity index (χ2v) is 8.39. The van der Waals surface area contributed by atoms with E-state index in [2.05, 4.69) is 34.6 Å².